The Morgan fingerprint density at radius 2 is 2.20 bits per heavy atom. The van der Waals surface area contributed by atoms with Crippen LogP contribution < -0.4 is 5.73 Å². The standard InChI is InChI=1S/C10H10ClN3O/c11-10-13-6-4-7(5-2-1-3-5)15-8(6)9(12)14-10/h4-5H,1-3H2,(H2,12,13,14). The van der Waals surface area contributed by atoms with Crippen LogP contribution in [0.25, 0.3) is 11.1 Å². The molecule has 2 aromatic heterocycles. The summed E-state index contributed by atoms with van der Waals surface area (Å²) in [7, 11) is 0. The first-order chi connectivity index (χ1) is 7.24. The van der Waals surface area contributed by atoms with E-state index in [0.717, 1.165) is 5.76 Å². The second-order valence-corrected chi connectivity index (χ2v) is 4.21. The average Bonchev–Trinajstić information content (AvgIpc) is 2.44. The van der Waals surface area contributed by atoms with Gasteiger partial charge in [-0.3, -0.25) is 0 Å². The molecule has 15 heavy (non-hydrogen) atoms. The molecule has 0 bridgehead atoms. The van der Waals surface area contributed by atoms with Crippen molar-refractivity contribution in [3.05, 3.63) is 17.1 Å². The van der Waals surface area contributed by atoms with E-state index >= 15 is 0 Å². The van der Waals surface area contributed by atoms with Gasteiger partial charge in [0.25, 0.3) is 0 Å². The Labute approximate surface area is 91.4 Å². The summed E-state index contributed by atoms with van der Waals surface area (Å²) in [6, 6.07) is 1.92. The molecule has 0 aliphatic heterocycles. The Kier molecular flexibility index (Phi) is 1.85. The van der Waals surface area contributed by atoms with Crippen molar-refractivity contribution in [1.82, 2.24) is 9.97 Å². The highest BCUT2D eigenvalue weighted by atomic mass is 35.5. The highest BCUT2D eigenvalue weighted by molar-refractivity contribution is 6.28. The number of furan rings is 1. The number of hydrogen-bond acceptors (Lipinski definition) is 4. The summed E-state index contributed by atoms with van der Waals surface area (Å²) in [4.78, 5) is 7.94. The Morgan fingerprint density at radius 3 is 2.87 bits per heavy atom. The van der Waals surface area contributed by atoms with E-state index < -0.39 is 0 Å². The normalized spacial score (nSPS) is 16.9. The van der Waals surface area contributed by atoms with Crippen LogP contribution in [0.3, 0.4) is 0 Å². The third-order valence-electron chi connectivity index (χ3n) is 2.90. The van der Waals surface area contributed by atoms with Crippen molar-refractivity contribution in [2.75, 3.05) is 5.73 Å². The van der Waals surface area contributed by atoms with Crippen molar-refractivity contribution < 1.29 is 4.42 Å². The molecule has 1 fully saturated rings. The average molecular weight is 224 g/mol. The number of fused-ring (bicyclic) bond motifs is 1. The van der Waals surface area contributed by atoms with Gasteiger partial charge in [0.15, 0.2) is 11.4 Å². The molecule has 0 aromatic carbocycles. The van der Waals surface area contributed by atoms with Crippen LogP contribution in [-0.4, -0.2) is 9.97 Å². The van der Waals surface area contributed by atoms with Gasteiger partial charge < -0.3 is 10.2 Å². The second kappa shape index (κ2) is 3.10. The van der Waals surface area contributed by atoms with E-state index in [4.69, 9.17) is 21.8 Å². The van der Waals surface area contributed by atoms with Crippen molar-refractivity contribution in [3.63, 3.8) is 0 Å². The lowest BCUT2D eigenvalue weighted by Crippen LogP contribution is -2.07. The van der Waals surface area contributed by atoms with Crippen LogP contribution in [0, 0.1) is 0 Å². The number of rotatable bonds is 1. The van der Waals surface area contributed by atoms with Crippen LogP contribution in [0.15, 0.2) is 10.5 Å². The smallest absolute Gasteiger partial charge is 0.225 e. The number of nitrogens with two attached hydrogens (primary N) is 1. The van der Waals surface area contributed by atoms with Crippen molar-refractivity contribution in [1.29, 1.82) is 0 Å². The summed E-state index contributed by atoms with van der Waals surface area (Å²) in [6.45, 7) is 0. The largest absolute Gasteiger partial charge is 0.455 e. The van der Waals surface area contributed by atoms with E-state index in [1.165, 1.54) is 19.3 Å². The van der Waals surface area contributed by atoms with Gasteiger partial charge in [0.05, 0.1) is 0 Å². The molecule has 0 radical (unpaired) electrons. The van der Waals surface area contributed by atoms with Crippen molar-refractivity contribution in [2.45, 2.75) is 25.2 Å². The first kappa shape index (κ1) is 8.97. The highest BCUT2D eigenvalue weighted by Gasteiger charge is 2.24. The summed E-state index contributed by atoms with van der Waals surface area (Å²) < 4.78 is 5.65. The van der Waals surface area contributed by atoms with E-state index in [-0.39, 0.29) is 5.28 Å². The van der Waals surface area contributed by atoms with E-state index in [2.05, 4.69) is 9.97 Å². The van der Waals surface area contributed by atoms with E-state index in [1.54, 1.807) is 0 Å². The highest BCUT2D eigenvalue weighted by Crippen LogP contribution is 2.39. The third-order valence-corrected chi connectivity index (χ3v) is 3.07. The molecule has 78 valence electrons. The summed E-state index contributed by atoms with van der Waals surface area (Å²) in [6.07, 6.45) is 3.63. The van der Waals surface area contributed by atoms with Crippen molar-refractivity contribution in [2.24, 2.45) is 0 Å². The minimum atomic E-state index is 0.168. The predicted octanol–water partition coefficient (Wildman–Crippen LogP) is 2.73. The molecule has 1 aliphatic rings. The monoisotopic (exact) mass is 223 g/mol. The lowest BCUT2D eigenvalue weighted by Gasteiger charge is -2.22. The third kappa shape index (κ3) is 1.36. The fourth-order valence-electron chi connectivity index (χ4n) is 1.83. The van der Waals surface area contributed by atoms with E-state index in [9.17, 15) is 0 Å². The topological polar surface area (TPSA) is 64.9 Å². The quantitative estimate of drug-likeness (QED) is 0.755. The summed E-state index contributed by atoms with van der Waals surface area (Å²) in [5, 5.41) is 0.168. The van der Waals surface area contributed by atoms with Gasteiger partial charge in [-0.1, -0.05) is 6.42 Å². The molecule has 0 saturated heterocycles. The van der Waals surface area contributed by atoms with Gasteiger partial charge >= 0.3 is 0 Å². The van der Waals surface area contributed by atoms with E-state index in [1.807, 2.05) is 6.07 Å². The number of hydrogen-bond donors (Lipinski definition) is 1. The minimum Gasteiger partial charge on any atom is -0.455 e. The molecule has 2 aromatic rings. The first-order valence-electron chi connectivity index (χ1n) is 4.96. The number of aromatic nitrogens is 2. The van der Waals surface area contributed by atoms with Crippen LogP contribution in [0.5, 0.6) is 0 Å². The number of nitrogen functional groups attached to an aromatic ring is 1. The molecule has 0 atom stereocenters. The maximum Gasteiger partial charge on any atom is 0.225 e. The van der Waals surface area contributed by atoms with Gasteiger partial charge in [-0.2, -0.15) is 4.98 Å². The zero-order chi connectivity index (χ0) is 10.4. The Bertz CT molecular complexity index is 519. The van der Waals surface area contributed by atoms with Crippen molar-refractivity contribution >= 4 is 28.5 Å². The minimum absolute atomic E-state index is 0.168. The Balaban J connectivity index is 2.16. The molecule has 1 saturated carbocycles. The fraction of sp³-hybridized carbons (Fsp3) is 0.400. The molecule has 2 heterocycles. The maximum absolute atomic E-state index is 5.72. The van der Waals surface area contributed by atoms with Crippen LogP contribution in [0.1, 0.15) is 30.9 Å². The van der Waals surface area contributed by atoms with Gasteiger partial charge in [-0.25, -0.2) is 4.98 Å². The molecule has 3 rings (SSSR count). The van der Waals surface area contributed by atoms with Crippen LogP contribution >= 0.6 is 11.6 Å². The molecule has 0 amide bonds. The molecule has 4 nitrogen and oxygen atoms in total. The van der Waals surface area contributed by atoms with Crippen LogP contribution in [0.2, 0.25) is 5.28 Å². The molecule has 2 N–H and O–H groups in total. The Hall–Kier alpha value is -1.29. The SMILES string of the molecule is Nc1nc(Cl)nc2cc(C3CCC3)oc12. The zero-order valence-electron chi connectivity index (χ0n) is 8.03. The zero-order valence-corrected chi connectivity index (χ0v) is 8.79. The number of halogens is 1. The van der Waals surface area contributed by atoms with Crippen molar-refractivity contribution in [3.8, 4) is 0 Å². The van der Waals surface area contributed by atoms with Crippen LogP contribution in [-0.2, 0) is 0 Å². The molecular weight excluding hydrogens is 214 g/mol. The Morgan fingerprint density at radius 1 is 1.40 bits per heavy atom. The lowest BCUT2D eigenvalue weighted by atomic mass is 9.84. The van der Waals surface area contributed by atoms with Gasteiger partial charge in [-0.05, 0) is 24.4 Å². The van der Waals surface area contributed by atoms with Gasteiger partial charge in [0.1, 0.15) is 11.3 Å². The molecule has 1 aliphatic carbocycles. The van der Waals surface area contributed by atoms with Crippen LogP contribution in [0.4, 0.5) is 5.82 Å². The molecule has 0 unspecified atom stereocenters. The summed E-state index contributed by atoms with van der Waals surface area (Å²) in [5.74, 6) is 1.80. The molecule has 0 spiro atoms. The van der Waals surface area contributed by atoms with E-state index in [0.29, 0.717) is 22.8 Å². The molecular formula is C10H10ClN3O. The maximum atomic E-state index is 5.72. The lowest BCUT2D eigenvalue weighted by molar-refractivity contribution is 0.356. The summed E-state index contributed by atoms with van der Waals surface area (Å²) in [5.41, 5.74) is 6.96. The summed E-state index contributed by atoms with van der Waals surface area (Å²) >= 11 is 5.72. The molecule has 5 heteroatoms. The fourth-order valence-corrected chi connectivity index (χ4v) is 2.02. The van der Waals surface area contributed by atoms with Gasteiger partial charge in [0.2, 0.25) is 5.28 Å². The number of nitrogens with zero attached hydrogens (tertiary/aromatic N) is 2. The number of anilines is 1. The second-order valence-electron chi connectivity index (χ2n) is 3.87. The predicted molar refractivity (Wildman–Crippen MR) is 57.8 cm³/mol. The van der Waals surface area contributed by atoms with Gasteiger partial charge in [-0.15, -0.1) is 0 Å². The first-order valence-corrected chi connectivity index (χ1v) is 5.34. The van der Waals surface area contributed by atoms with Gasteiger partial charge in [0, 0.05) is 12.0 Å².